The number of fused-ring (bicyclic) bond motifs is 3. The monoisotopic (exact) mass is 678 g/mol. The van der Waals surface area contributed by atoms with Crippen molar-refractivity contribution in [1.29, 1.82) is 0 Å². The van der Waals surface area contributed by atoms with E-state index in [2.05, 4.69) is 26.0 Å². The lowest BCUT2D eigenvalue weighted by molar-refractivity contribution is -0.137. The first-order chi connectivity index (χ1) is 23.6. The van der Waals surface area contributed by atoms with Crippen molar-refractivity contribution in [2.45, 2.75) is 51.8 Å². The van der Waals surface area contributed by atoms with Crippen molar-refractivity contribution in [3.63, 3.8) is 0 Å². The van der Waals surface area contributed by atoms with E-state index in [1.165, 1.54) is 18.1 Å². The third-order valence-corrected chi connectivity index (χ3v) is 8.83. The van der Waals surface area contributed by atoms with Crippen LogP contribution in [0.3, 0.4) is 0 Å². The maximum absolute atomic E-state index is 13.8. The number of carbonyl (C=O) groups is 4. The lowest BCUT2D eigenvalue weighted by atomic mass is 10.0. The molecule has 0 aliphatic carbocycles. The quantitative estimate of drug-likeness (QED) is 0.284. The summed E-state index contributed by atoms with van der Waals surface area (Å²) in [6.07, 6.45) is -0.580. The number of hydrogen-bond acceptors (Lipinski definition) is 10. The molecule has 1 saturated heterocycles. The molecule has 3 aromatic rings. The van der Waals surface area contributed by atoms with Crippen LogP contribution in [0.1, 0.15) is 43.2 Å². The highest BCUT2D eigenvalue weighted by Gasteiger charge is 2.32. The van der Waals surface area contributed by atoms with Crippen LogP contribution in [0.15, 0.2) is 47.0 Å². The molecule has 2 aliphatic rings. The summed E-state index contributed by atoms with van der Waals surface area (Å²) in [5, 5.41) is 13.6. The van der Waals surface area contributed by atoms with Gasteiger partial charge in [-0.15, -0.1) is 0 Å². The van der Waals surface area contributed by atoms with Crippen LogP contribution in [0, 0.1) is 5.92 Å². The van der Waals surface area contributed by atoms with E-state index in [4.69, 9.17) is 18.7 Å². The number of methoxy groups -OCH3 is 1. The molecule has 4 amide bonds. The number of nitrogens with one attached hydrogen (secondary N) is 3. The van der Waals surface area contributed by atoms with Gasteiger partial charge in [0.25, 0.3) is 11.8 Å². The lowest BCUT2D eigenvalue weighted by Gasteiger charge is -2.32. The number of para-hydroxylation sites is 1. The summed E-state index contributed by atoms with van der Waals surface area (Å²) in [7, 11) is 1.47. The highest BCUT2D eigenvalue weighted by molar-refractivity contribution is 5.95. The minimum atomic E-state index is -1.18. The second-order valence-electron chi connectivity index (χ2n) is 12.8. The minimum absolute atomic E-state index is 0.0619. The summed E-state index contributed by atoms with van der Waals surface area (Å²) in [5.41, 5.74) is 1.28. The van der Waals surface area contributed by atoms with Crippen LogP contribution < -0.4 is 25.4 Å². The highest BCUT2D eigenvalue weighted by atomic mass is 16.5. The molecule has 2 bridgehead atoms. The third-order valence-electron chi connectivity index (χ3n) is 8.83. The Morgan fingerprint density at radius 3 is 2.63 bits per heavy atom. The molecule has 14 heteroatoms. The van der Waals surface area contributed by atoms with E-state index in [0.29, 0.717) is 48.6 Å². The number of rotatable bonds is 9. The zero-order valence-corrected chi connectivity index (χ0v) is 28.5. The molecule has 0 radical (unpaired) electrons. The molecule has 49 heavy (non-hydrogen) atoms. The van der Waals surface area contributed by atoms with Gasteiger partial charge in [0.05, 0.1) is 39.3 Å². The smallest absolute Gasteiger partial charge is 0.263 e. The molecule has 5 rings (SSSR count). The van der Waals surface area contributed by atoms with Gasteiger partial charge in [0.2, 0.25) is 11.8 Å². The summed E-state index contributed by atoms with van der Waals surface area (Å²) < 4.78 is 22.5. The van der Waals surface area contributed by atoms with Crippen LogP contribution in [0.2, 0.25) is 0 Å². The van der Waals surface area contributed by atoms with Gasteiger partial charge in [-0.3, -0.25) is 24.1 Å². The average molecular weight is 679 g/mol. The Balaban J connectivity index is 1.39. The first-order valence-electron chi connectivity index (χ1n) is 16.8. The Morgan fingerprint density at radius 1 is 1.10 bits per heavy atom. The molecule has 1 fully saturated rings. The number of ether oxygens (including phenoxy) is 3. The summed E-state index contributed by atoms with van der Waals surface area (Å²) in [5.74, 6) is -1.29. The zero-order valence-electron chi connectivity index (χ0n) is 28.5. The summed E-state index contributed by atoms with van der Waals surface area (Å²) in [4.78, 5) is 58.3. The summed E-state index contributed by atoms with van der Waals surface area (Å²) in [6.45, 7) is 9.53. The van der Waals surface area contributed by atoms with E-state index >= 15 is 0 Å². The highest BCUT2D eigenvalue weighted by Crippen LogP contribution is 2.30. The average Bonchev–Trinajstić information content (AvgIpc) is 3.50. The van der Waals surface area contributed by atoms with Crippen molar-refractivity contribution >= 4 is 34.6 Å². The molecule has 3 N–H and O–H groups in total. The van der Waals surface area contributed by atoms with Gasteiger partial charge in [0.1, 0.15) is 5.69 Å². The van der Waals surface area contributed by atoms with E-state index in [0.717, 1.165) is 19.6 Å². The predicted molar refractivity (Wildman–Crippen MR) is 180 cm³/mol. The minimum Gasteiger partial charge on any atom is -0.493 e. The molecule has 1 aromatic heterocycles. The van der Waals surface area contributed by atoms with Gasteiger partial charge >= 0.3 is 0 Å². The molecule has 0 saturated carbocycles. The number of hydrogen-bond donors (Lipinski definition) is 3. The van der Waals surface area contributed by atoms with Crippen molar-refractivity contribution < 1.29 is 37.9 Å². The van der Waals surface area contributed by atoms with Gasteiger partial charge in [0.15, 0.2) is 23.2 Å². The van der Waals surface area contributed by atoms with Crippen molar-refractivity contribution in [3.8, 4) is 11.5 Å². The number of aromatic nitrogens is 1. The van der Waals surface area contributed by atoms with Crippen LogP contribution in [0.4, 0.5) is 0 Å². The number of carbonyl (C=O) groups excluding carboxylic acids is 4. The Morgan fingerprint density at radius 2 is 1.88 bits per heavy atom. The predicted octanol–water partition coefficient (Wildman–Crippen LogP) is 1.77. The lowest BCUT2D eigenvalue weighted by Crippen LogP contribution is -2.55. The van der Waals surface area contributed by atoms with Gasteiger partial charge in [-0.2, -0.15) is 0 Å². The standard InChI is InChI=1S/C35H46N6O8/c1-22(2)27-20-41(32(43)19-26-25-8-5-6-9-28(25)49-39-26)21-31(42)37-23(3)33(35(45)36-12-7-13-40-14-16-47-17-15-40)48-30-18-24(34(44)38-27)10-11-29(30)46-4/h5-6,8-11,18,22-23,27,33H,7,12-17,19-21H2,1-4H3,(H,36,45)(H,37,42)(H,38,44)/t23-,27+,33+/m0/s1. The first-order valence-corrected chi connectivity index (χ1v) is 16.8. The zero-order chi connectivity index (χ0) is 34.9. The third kappa shape index (κ3) is 9.27. The maximum atomic E-state index is 13.8. The normalized spacial score (nSPS) is 21.0. The number of nitrogens with zero attached hydrogens (tertiary/aromatic N) is 3. The molecular formula is C35H46N6O8. The SMILES string of the molecule is COc1ccc2cc1O[C@@H](C(=O)NCCCN1CCOCC1)[C@H](C)NC(=O)CN(C(=O)Cc1noc3ccccc13)C[C@H](C(C)C)NC2=O. The Hall–Kier alpha value is -4.69. The van der Waals surface area contributed by atoms with Gasteiger partial charge in [-0.05, 0) is 56.1 Å². The van der Waals surface area contributed by atoms with Crippen LogP contribution in [0.25, 0.3) is 11.0 Å². The van der Waals surface area contributed by atoms with Crippen LogP contribution >= 0.6 is 0 Å². The maximum Gasteiger partial charge on any atom is 0.263 e. The first kappa shape index (κ1) is 35.6. The second kappa shape index (κ2) is 16.6. The molecule has 0 unspecified atom stereocenters. The van der Waals surface area contributed by atoms with Crippen LogP contribution in [-0.2, 0) is 25.5 Å². The molecule has 3 atom stereocenters. The molecule has 2 aliphatic heterocycles. The number of benzene rings is 2. The molecule has 3 heterocycles. The largest absolute Gasteiger partial charge is 0.493 e. The van der Waals surface area contributed by atoms with Crippen LogP contribution in [0.5, 0.6) is 11.5 Å². The Bertz CT molecular complexity index is 1620. The molecule has 264 valence electrons. The fourth-order valence-corrected chi connectivity index (χ4v) is 5.91. The van der Waals surface area contributed by atoms with E-state index in [-0.39, 0.29) is 42.6 Å². The topological polar surface area (TPSA) is 165 Å². The van der Waals surface area contributed by atoms with E-state index < -0.39 is 35.9 Å². The number of amides is 4. The Kier molecular flexibility index (Phi) is 12.1. The molecule has 2 aromatic carbocycles. The second-order valence-corrected chi connectivity index (χ2v) is 12.8. The molecular weight excluding hydrogens is 632 g/mol. The van der Waals surface area contributed by atoms with Gasteiger partial charge in [-0.25, -0.2) is 0 Å². The fraction of sp³-hybridized carbons (Fsp3) is 0.514. The molecule has 0 spiro atoms. The van der Waals surface area contributed by atoms with Gasteiger partial charge < -0.3 is 39.6 Å². The van der Waals surface area contributed by atoms with E-state index in [1.54, 1.807) is 25.1 Å². The van der Waals surface area contributed by atoms with Crippen molar-refractivity contribution in [1.82, 2.24) is 30.9 Å². The van der Waals surface area contributed by atoms with Crippen LogP contribution in [-0.4, -0.2) is 116 Å². The molecule has 14 nitrogen and oxygen atoms in total. The van der Waals surface area contributed by atoms with E-state index in [9.17, 15) is 19.2 Å². The van der Waals surface area contributed by atoms with Crippen molar-refractivity contribution in [2.75, 3.05) is 59.6 Å². The number of morpholine rings is 1. The van der Waals surface area contributed by atoms with Gasteiger partial charge in [-0.1, -0.05) is 31.1 Å². The summed E-state index contributed by atoms with van der Waals surface area (Å²) >= 11 is 0. The van der Waals surface area contributed by atoms with Gasteiger partial charge in [0, 0.05) is 43.2 Å². The summed E-state index contributed by atoms with van der Waals surface area (Å²) in [6, 6.07) is 10.6. The van der Waals surface area contributed by atoms with Crippen molar-refractivity contribution in [3.05, 3.63) is 53.7 Å². The fourth-order valence-electron chi connectivity index (χ4n) is 5.91. The van der Waals surface area contributed by atoms with Crippen molar-refractivity contribution in [2.24, 2.45) is 5.92 Å². The Labute approximate surface area is 285 Å². The van der Waals surface area contributed by atoms with E-state index in [1.807, 2.05) is 32.0 Å².